The highest BCUT2D eigenvalue weighted by atomic mass is 35.5. The van der Waals surface area contributed by atoms with Gasteiger partial charge in [0.1, 0.15) is 5.82 Å². The molecule has 0 saturated heterocycles. The van der Waals surface area contributed by atoms with Gasteiger partial charge in [-0.25, -0.2) is 14.8 Å². The maximum absolute atomic E-state index is 12.9. The molecular weight excluding hydrogens is 496 g/mol. The number of ether oxygens (including phenoxy) is 1. The Morgan fingerprint density at radius 1 is 1.06 bits per heavy atom. The zero-order valence-electron chi connectivity index (χ0n) is 19.2. The summed E-state index contributed by atoms with van der Waals surface area (Å²) in [5.41, 5.74) is 4.14. The van der Waals surface area contributed by atoms with Crippen LogP contribution in [-0.2, 0) is 9.53 Å². The third kappa shape index (κ3) is 5.00. The Balaban J connectivity index is 1.27. The predicted molar refractivity (Wildman–Crippen MR) is 142 cm³/mol. The molecule has 0 saturated carbocycles. The van der Waals surface area contributed by atoms with E-state index in [0.717, 1.165) is 16.6 Å². The van der Waals surface area contributed by atoms with Crippen LogP contribution in [0.15, 0.2) is 78.2 Å². The third-order valence-corrected chi connectivity index (χ3v) is 6.65. The molecule has 0 radical (unpaired) electrons. The van der Waals surface area contributed by atoms with Crippen molar-refractivity contribution in [2.24, 2.45) is 0 Å². The standard InChI is InChI=1S/C27H21ClN4O3S/c1-2-23(25(33)32-27-31-22(15-36-27)18-10-6-7-11-19(18)28)35-26(34)17-12-13-20-21(14-17)30-24(29-20)16-8-4-3-5-9-16/h3-15,23H,2H2,1H3,(H,29,30)(H,31,32,33). The zero-order chi connectivity index (χ0) is 25.1. The molecule has 5 rings (SSSR count). The van der Waals surface area contributed by atoms with Crippen molar-refractivity contribution < 1.29 is 14.3 Å². The number of nitrogens with zero attached hydrogens (tertiary/aromatic N) is 2. The van der Waals surface area contributed by atoms with Crippen molar-refractivity contribution in [1.82, 2.24) is 15.0 Å². The number of H-pyrrole nitrogens is 1. The molecule has 36 heavy (non-hydrogen) atoms. The number of halogens is 1. The van der Waals surface area contributed by atoms with Crippen molar-refractivity contribution in [3.8, 4) is 22.6 Å². The van der Waals surface area contributed by atoms with Crippen molar-refractivity contribution in [2.45, 2.75) is 19.4 Å². The number of anilines is 1. The summed E-state index contributed by atoms with van der Waals surface area (Å²) in [6.07, 6.45) is -0.660. The molecule has 7 nitrogen and oxygen atoms in total. The third-order valence-electron chi connectivity index (χ3n) is 5.56. The summed E-state index contributed by atoms with van der Waals surface area (Å²) in [7, 11) is 0. The van der Waals surface area contributed by atoms with Gasteiger partial charge < -0.3 is 9.72 Å². The number of fused-ring (bicyclic) bond motifs is 1. The van der Waals surface area contributed by atoms with E-state index < -0.39 is 18.0 Å². The molecule has 0 fully saturated rings. The number of amides is 1. The summed E-state index contributed by atoms with van der Waals surface area (Å²) in [5, 5.41) is 5.53. The van der Waals surface area contributed by atoms with Crippen molar-refractivity contribution in [3.63, 3.8) is 0 Å². The molecule has 2 aromatic heterocycles. The molecule has 5 aromatic rings. The molecule has 0 spiro atoms. The first-order valence-corrected chi connectivity index (χ1v) is 12.5. The van der Waals surface area contributed by atoms with Gasteiger partial charge in [0.05, 0.1) is 22.3 Å². The van der Waals surface area contributed by atoms with Crippen molar-refractivity contribution in [3.05, 3.63) is 88.8 Å². The highest BCUT2D eigenvalue weighted by molar-refractivity contribution is 7.14. The maximum atomic E-state index is 12.9. The second-order valence-electron chi connectivity index (χ2n) is 7.99. The Labute approximate surface area is 216 Å². The van der Waals surface area contributed by atoms with Crippen molar-refractivity contribution in [2.75, 3.05) is 5.32 Å². The first-order valence-electron chi connectivity index (χ1n) is 11.3. The fourth-order valence-corrected chi connectivity index (χ4v) is 4.64. The Morgan fingerprint density at radius 2 is 1.83 bits per heavy atom. The van der Waals surface area contributed by atoms with Crippen LogP contribution in [0.1, 0.15) is 23.7 Å². The summed E-state index contributed by atoms with van der Waals surface area (Å²) in [4.78, 5) is 37.9. The first-order chi connectivity index (χ1) is 17.5. The van der Waals surface area contributed by atoms with Gasteiger partial charge in [-0.2, -0.15) is 0 Å². The Kier molecular flexibility index (Phi) is 6.79. The van der Waals surface area contributed by atoms with Crippen molar-refractivity contribution >= 4 is 51.0 Å². The van der Waals surface area contributed by atoms with Crippen LogP contribution >= 0.6 is 22.9 Å². The van der Waals surface area contributed by atoms with Gasteiger partial charge in [-0.3, -0.25) is 10.1 Å². The minimum atomic E-state index is -0.970. The van der Waals surface area contributed by atoms with Crippen LogP contribution < -0.4 is 5.32 Å². The molecule has 0 aliphatic heterocycles. The Bertz CT molecular complexity index is 1550. The fraction of sp³-hybridized carbons (Fsp3) is 0.111. The van der Waals surface area contributed by atoms with E-state index in [1.165, 1.54) is 11.3 Å². The quantitative estimate of drug-likeness (QED) is 0.238. The lowest BCUT2D eigenvalue weighted by Crippen LogP contribution is -2.32. The second-order valence-corrected chi connectivity index (χ2v) is 9.26. The topological polar surface area (TPSA) is 97.0 Å². The number of carbonyl (C=O) groups is 2. The van der Waals surface area contributed by atoms with Gasteiger partial charge in [0.15, 0.2) is 11.2 Å². The van der Waals surface area contributed by atoms with E-state index in [4.69, 9.17) is 16.3 Å². The van der Waals surface area contributed by atoms with E-state index in [-0.39, 0.29) is 0 Å². The van der Waals surface area contributed by atoms with Gasteiger partial charge in [0.2, 0.25) is 0 Å². The van der Waals surface area contributed by atoms with E-state index in [1.807, 2.05) is 53.9 Å². The van der Waals surface area contributed by atoms with Crippen molar-refractivity contribution in [1.29, 1.82) is 0 Å². The average molecular weight is 517 g/mol. The highest BCUT2D eigenvalue weighted by Crippen LogP contribution is 2.30. The molecule has 1 amide bonds. The van der Waals surface area contributed by atoms with Crippen LogP contribution in [-0.4, -0.2) is 32.9 Å². The number of hydrogen-bond donors (Lipinski definition) is 2. The molecule has 1 atom stereocenters. The molecule has 0 aliphatic rings. The van der Waals surface area contributed by atoms with Gasteiger partial charge in [-0.15, -0.1) is 11.3 Å². The lowest BCUT2D eigenvalue weighted by Gasteiger charge is -2.15. The number of nitrogens with one attached hydrogen (secondary N) is 2. The number of benzene rings is 3. The number of rotatable bonds is 7. The highest BCUT2D eigenvalue weighted by Gasteiger charge is 2.23. The van der Waals surface area contributed by atoms with Crippen LogP contribution in [0.4, 0.5) is 5.13 Å². The fourth-order valence-electron chi connectivity index (χ4n) is 3.70. The van der Waals surface area contributed by atoms with E-state index in [1.54, 1.807) is 31.2 Å². The molecule has 0 aliphatic carbocycles. The number of carbonyl (C=O) groups excluding carboxylic acids is 2. The number of thiazole rings is 1. The molecule has 1 unspecified atom stereocenters. The average Bonchev–Trinajstić information content (AvgIpc) is 3.54. The minimum Gasteiger partial charge on any atom is -0.449 e. The van der Waals surface area contributed by atoms with Crippen LogP contribution in [0.2, 0.25) is 5.02 Å². The van der Waals surface area contributed by atoms with E-state index in [9.17, 15) is 9.59 Å². The summed E-state index contributed by atoms with van der Waals surface area (Å²) < 4.78 is 5.54. The van der Waals surface area contributed by atoms with Gasteiger partial charge in [-0.05, 0) is 30.7 Å². The van der Waals surface area contributed by atoms with E-state index in [0.29, 0.717) is 39.2 Å². The molecular formula is C27H21ClN4O3S. The number of esters is 1. The van der Waals surface area contributed by atoms with E-state index >= 15 is 0 Å². The summed E-state index contributed by atoms with van der Waals surface area (Å²) in [5.74, 6) is -0.327. The normalized spacial score (nSPS) is 11.8. The van der Waals surface area contributed by atoms with Crippen LogP contribution in [0, 0.1) is 0 Å². The molecule has 9 heteroatoms. The van der Waals surface area contributed by atoms with Crippen LogP contribution in [0.3, 0.4) is 0 Å². The monoisotopic (exact) mass is 516 g/mol. The van der Waals surface area contributed by atoms with Gasteiger partial charge in [0.25, 0.3) is 5.91 Å². The van der Waals surface area contributed by atoms with Gasteiger partial charge >= 0.3 is 5.97 Å². The minimum absolute atomic E-state index is 0.310. The van der Waals surface area contributed by atoms with Crippen LogP contribution in [0.5, 0.6) is 0 Å². The molecule has 2 heterocycles. The molecule has 180 valence electrons. The first kappa shape index (κ1) is 23.7. The zero-order valence-corrected chi connectivity index (χ0v) is 20.8. The lowest BCUT2D eigenvalue weighted by molar-refractivity contribution is -0.124. The summed E-state index contributed by atoms with van der Waals surface area (Å²) in [6, 6.07) is 22.1. The molecule has 2 N–H and O–H groups in total. The summed E-state index contributed by atoms with van der Waals surface area (Å²) in [6.45, 7) is 1.78. The van der Waals surface area contributed by atoms with Gasteiger partial charge in [0, 0.05) is 21.5 Å². The predicted octanol–water partition coefficient (Wildman–Crippen LogP) is 6.58. The molecule has 3 aromatic carbocycles. The van der Waals surface area contributed by atoms with Crippen LogP contribution in [0.25, 0.3) is 33.7 Å². The second kappa shape index (κ2) is 10.3. The number of aromatic amines is 1. The number of aromatic nitrogens is 3. The Hall–Kier alpha value is -4.01. The lowest BCUT2D eigenvalue weighted by atomic mass is 10.2. The maximum Gasteiger partial charge on any atom is 0.338 e. The number of imidazole rings is 1. The molecule has 0 bridgehead atoms. The largest absolute Gasteiger partial charge is 0.449 e. The SMILES string of the molecule is CCC(OC(=O)c1ccc2nc(-c3ccccc3)[nH]c2c1)C(=O)Nc1nc(-c2ccccc2Cl)cs1. The van der Waals surface area contributed by atoms with Gasteiger partial charge in [-0.1, -0.05) is 67.1 Å². The number of hydrogen-bond acceptors (Lipinski definition) is 6. The summed E-state index contributed by atoms with van der Waals surface area (Å²) >= 11 is 7.52. The van der Waals surface area contributed by atoms with E-state index in [2.05, 4.69) is 20.3 Å². The smallest absolute Gasteiger partial charge is 0.338 e. The Morgan fingerprint density at radius 3 is 2.61 bits per heavy atom.